The van der Waals surface area contributed by atoms with Crippen LogP contribution in [0.1, 0.15) is 55.3 Å². The molecule has 18 heavy (non-hydrogen) atoms. The molecule has 2 rings (SSSR count). The molecule has 0 amide bonds. The summed E-state index contributed by atoms with van der Waals surface area (Å²) in [6, 6.07) is 4.50. The lowest BCUT2D eigenvalue weighted by Gasteiger charge is -2.42. The Morgan fingerprint density at radius 1 is 1.17 bits per heavy atom. The fourth-order valence-electron chi connectivity index (χ4n) is 2.81. The molecule has 1 unspecified atom stereocenters. The first-order chi connectivity index (χ1) is 8.51. The van der Waals surface area contributed by atoms with Crippen LogP contribution in [0.5, 0.6) is 0 Å². The van der Waals surface area contributed by atoms with Crippen molar-refractivity contribution in [1.29, 1.82) is 0 Å². The third-order valence-corrected chi connectivity index (χ3v) is 5.33. The Hall–Kier alpha value is -0.380. The molecule has 2 N–H and O–H groups in total. The van der Waals surface area contributed by atoms with Gasteiger partial charge < -0.3 is 5.73 Å². The van der Waals surface area contributed by atoms with E-state index in [2.05, 4.69) is 37.8 Å². The molecule has 102 valence electrons. The van der Waals surface area contributed by atoms with Crippen molar-refractivity contribution in [1.82, 2.24) is 4.90 Å². The van der Waals surface area contributed by atoms with Gasteiger partial charge in [0.1, 0.15) is 0 Å². The van der Waals surface area contributed by atoms with Crippen molar-refractivity contribution in [3.05, 3.63) is 21.9 Å². The molecule has 1 saturated heterocycles. The quantitative estimate of drug-likeness (QED) is 0.903. The minimum absolute atomic E-state index is 0.0572. The lowest BCUT2D eigenvalue weighted by molar-refractivity contribution is 0.0991. The van der Waals surface area contributed by atoms with Crippen LogP contribution in [0, 0.1) is 6.92 Å². The molecule has 0 aromatic carbocycles. The zero-order valence-electron chi connectivity index (χ0n) is 11.9. The van der Waals surface area contributed by atoms with Crippen molar-refractivity contribution >= 4 is 11.3 Å². The largest absolute Gasteiger partial charge is 0.322 e. The van der Waals surface area contributed by atoms with Crippen LogP contribution in [-0.2, 0) is 0 Å². The number of aryl methyl sites for hydroxylation is 1. The van der Waals surface area contributed by atoms with Crippen LogP contribution in [-0.4, -0.2) is 23.5 Å². The Balaban J connectivity index is 2.13. The summed E-state index contributed by atoms with van der Waals surface area (Å²) in [4.78, 5) is 5.27. The van der Waals surface area contributed by atoms with Crippen molar-refractivity contribution in [3.63, 3.8) is 0 Å². The number of nitrogens with zero attached hydrogens (tertiary/aromatic N) is 1. The highest BCUT2D eigenvalue weighted by molar-refractivity contribution is 7.12. The first-order valence-electron chi connectivity index (χ1n) is 7.09. The van der Waals surface area contributed by atoms with Gasteiger partial charge in [-0.3, -0.25) is 4.90 Å². The maximum Gasteiger partial charge on any atom is 0.0571 e. The van der Waals surface area contributed by atoms with Gasteiger partial charge in [-0.15, -0.1) is 11.3 Å². The topological polar surface area (TPSA) is 29.3 Å². The predicted molar refractivity (Wildman–Crippen MR) is 80.1 cm³/mol. The second-order valence-corrected chi connectivity index (χ2v) is 7.30. The van der Waals surface area contributed by atoms with Gasteiger partial charge in [-0.2, -0.15) is 0 Å². The van der Waals surface area contributed by atoms with Crippen molar-refractivity contribution < 1.29 is 0 Å². The third-order valence-electron chi connectivity index (χ3n) is 4.25. The standard InChI is InChI=1S/C15H26N2S/c1-12-8-9-13(18-12)14(16)15(2,3)17-10-6-4-5-7-11-17/h8-9,14H,4-7,10-11,16H2,1-3H3. The average Bonchev–Trinajstić information content (AvgIpc) is 2.61. The Bertz CT molecular complexity index is 376. The van der Waals surface area contributed by atoms with E-state index >= 15 is 0 Å². The summed E-state index contributed by atoms with van der Waals surface area (Å²) in [5, 5.41) is 0. The van der Waals surface area contributed by atoms with Gasteiger partial charge in [-0.1, -0.05) is 12.8 Å². The molecule has 3 heteroatoms. The highest BCUT2D eigenvalue weighted by Gasteiger charge is 2.34. The highest BCUT2D eigenvalue weighted by Crippen LogP contribution is 2.34. The number of hydrogen-bond acceptors (Lipinski definition) is 3. The van der Waals surface area contributed by atoms with Crippen molar-refractivity contribution in [2.24, 2.45) is 5.73 Å². The lowest BCUT2D eigenvalue weighted by atomic mass is 9.91. The van der Waals surface area contributed by atoms with E-state index in [4.69, 9.17) is 5.73 Å². The smallest absolute Gasteiger partial charge is 0.0571 e. The number of rotatable bonds is 3. The molecule has 0 radical (unpaired) electrons. The Morgan fingerprint density at radius 2 is 1.78 bits per heavy atom. The van der Waals surface area contributed by atoms with Crippen LogP contribution >= 0.6 is 11.3 Å². The van der Waals surface area contributed by atoms with Crippen molar-refractivity contribution in [2.75, 3.05) is 13.1 Å². The Kier molecular flexibility index (Phi) is 4.46. The molecule has 1 fully saturated rings. The molecule has 0 saturated carbocycles. The minimum atomic E-state index is 0.0572. The second-order valence-electron chi connectivity index (χ2n) is 5.98. The number of thiophene rings is 1. The predicted octanol–water partition coefficient (Wildman–Crippen LogP) is 3.71. The van der Waals surface area contributed by atoms with Crippen LogP contribution in [0.15, 0.2) is 12.1 Å². The first kappa shape index (κ1) is 14.0. The molecule has 1 aromatic rings. The molecule has 1 aliphatic heterocycles. The van der Waals surface area contributed by atoms with Crippen LogP contribution in [0.4, 0.5) is 0 Å². The van der Waals surface area contributed by atoms with E-state index in [0.717, 1.165) is 0 Å². The molecule has 0 spiro atoms. The third kappa shape index (κ3) is 2.95. The van der Waals surface area contributed by atoms with Crippen LogP contribution in [0.3, 0.4) is 0 Å². The summed E-state index contributed by atoms with van der Waals surface area (Å²) in [6.45, 7) is 9.16. The second kappa shape index (κ2) is 5.72. The van der Waals surface area contributed by atoms with Crippen LogP contribution in [0.25, 0.3) is 0 Å². The first-order valence-corrected chi connectivity index (χ1v) is 7.90. The van der Waals surface area contributed by atoms with Gasteiger partial charge in [0.25, 0.3) is 0 Å². The van der Waals surface area contributed by atoms with Gasteiger partial charge in [0, 0.05) is 15.3 Å². The molecule has 1 aromatic heterocycles. The molecule has 1 aliphatic rings. The fraction of sp³-hybridized carbons (Fsp3) is 0.733. The molecular weight excluding hydrogens is 240 g/mol. The van der Waals surface area contributed by atoms with Gasteiger partial charge in [0.2, 0.25) is 0 Å². The van der Waals surface area contributed by atoms with Gasteiger partial charge in [-0.25, -0.2) is 0 Å². The van der Waals surface area contributed by atoms with E-state index in [-0.39, 0.29) is 11.6 Å². The maximum absolute atomic E-state index is 6.54. The monoisotopic (exact) mass is 266 g/mol. The summed E-state index contributed by atoms with van der Waals surface area (Å²) in [5.41, 5.74) is 6.59. The summed E-state index contributed by atoms with van der Waals surface area (Å²) in [5.74, 6) is 0. The Labute approximate surface area is 115 Å². The summed E-state index contributed by atoms with van der Waals surface area (Å²) in [6.07, 6.45) is 5.39. The van der Waals surface area contributed by atoms with E-state index in [9.17, 15) is 0 Å². The molecule has 2 heterocycles. The summed E-state index contributed by atoms with van der Waals surface area (Å²) >= 11 is 1.84. The average molecular weight is 266 g/mol. The van der Waals surface area contributed by atoms with E-state index in [0.29, 0.717) is 0 Å². The van der Waals surface area contributed by atoms with Crippen molar-refractivity contribution in [2.45, 2.75) is 58.0 Å². The normalized spacial score (nSPS) is 20.7. The Morgan fingerprint density at radius 3 is 2.28 bits per heavy atom. The van der Waals surface area contributed by atoms with E-state index in [1.807, 2.05) is 11.3 Å². The SMILES string of the molecule is Cc1ccc(C(N)C(C)(C)N2CCCCCC2)s1. The van der Waals surface area contributed by atoms with E-state index in [1.165, 1.54) is 48.5 Å². The molecule has 0 bridgehead atoms. The van der Waals surface area contributed by atoms with Gasteiger partial charge in [0.05, 0.1) is 6.04 Å². The fourth-order valence-corrected chi connectivity index (χ4v) is 3.87. The minimum Gasteiger partial charge on any atom is -0.322 e. The zero-order valence-corrected chi connectivity index (χ0v) is 12.7. The van der Waals surface area contributed by atoms with Gasteiger partial charge >= 0.3 is 0 Å². The number of nitrogens with two attached hydrogens (primary N) is 1. The van der Waals surface area contributed by atoms with Gasteiger partial charge in [-0.05, 0) is 58.8 Å². The van der Waals surface area contributed by atoms with Crippen molar-refractivity contribution in [3.8, 4) is 0 Å². The highest BCUT2D eigenvalue weighted by atomic mass is 32.1. The lowest BCUT2D eigenvalue weighted by Crippen LogP contribution is -2.51. The summed E-state index contributed by atoms with van der Waals surface area (Å²) in [7, 11) is 0. The zero-order chi connectivity index (χ0) is 13.2. The molecule has 2 nitrogen and oxygen atoms in total. The van der Waals surface area contributed by atoms with E-state index < -0.39 is 0 Å². The van der Waals surface area contributed by atoms with Gasteiger partial charge in [0.15, 0.2) is 0 Å². The maximum atomic E-state index is 6.54. The number of likely N-dealkylation sites (tertiary alicyclic amines) is 1. The number of hydrogen-bond donors (Lipinski definition) is 1. The molecule has 1 atom stereocenters. The molecule has 0 aliphatic carbocycles. The molecular formula is C15H26N2S. The van der Waals surface area contributed by atoms with Crippen LogP contribution in [0.2, 0.25) is 0 Å². The summed E-state index contributed by atoms with van der Waals surface area (Å²) < 4.78 is 0. The van der Waals surface area contributed by atoms with Crippen LogP contribution < -0.4 is 5.73 Å². The van der Waals surface area contributed by atoms with E-state index in [1.54, 1.807) is 0 Å².